The average molecular weight is 581 g/mol. The molecule has 0 unspecified atom stereocenters. The van der Waals surface area contributed by atoms with Gasteiger partial charge >= 0.3 is 6.03 Å². The van der Waals surface area contributed by atoms with Crippen molar-refractivity contribution in [3.8, 4) is 5.75 Å². The topological polar surface area (TPSA) is 75.7 Å². The van der Waals surface area contributed by atoms with Crippen molar-refractivity contribution in [2.45, 2.75) is 6.61 Å². The summed E-state index contributed by atoms with van der Waals surface area (Å²) in [6, 6.07) is 15.5. The lowest BCUT2D eigenvalue weighted by molar-refractivity contribution is -0.122. The summed E-state index contributed by atoms with van der Waals surface area (Å²) in [5, 5.41) is 3.47. The van der Waals surface area contributed by atoms with Crippen molar-refractivity contribution >= 4 is 80.3 Å². The second kappa shape index (κ2) is 10.2. The predicted octanol–water partition coefficient (Wildman–Crippen LogP) is 6.65. The summed E-state index contributed by atoms with van der Waals surface area (Å²) in [6.45, 7) is 0.171. The number of carbonyl (C=O) groups excluding carboxylic acids is 3. The van der Waals surface area contributed by atoms with Gasteiger partial charge in [0, 0.05) is 15.1 Å². The number of urea groups is 1. The number of amides is 4. The second-order valence-electron chi connectivity index (χ2n) is 7.15. The Kier molecular flexibility index (Phi) is 7.28. The summed E-state index contributed by atoms with van der Waals surface area (Å²) < 4.78 is 6.63. The standard InChI is InChI=1S/C24H14BrCl3N2O4/c25-15-2-8-21(34-12-13-1-7-19(27)20(28)9-13)14(10-15)11-18-22(31)29-24(33)30(23(18)32)17-5-3-16(26)4-6-17/h1-11H,12H2,(H,29,31,33)/b18-11+. The summed E-state index contributed by atoms with van der Waals surface area (Å²) in [5.74, 6) is -1.17. The van der Waals surface area contributed by atoms with Crippen molar-refractivity contribution in [2.24, 2.45) is 0 Å². The molecule has 1 fully saturated rings. The molecule has 0 saturated carbocycles. The van der Waals surface area contributed by atoms with Crippen LogP contribution in [0.5, 0.6) is 5.75 Å². The molecule has 1 heterocycles. The fraction of sp³-hybridized carbons (Fsp3) is 0.0417. The Morgan fingerprint density at radius 3 is 2.35 bits per heavy atom. The van der Waals surface area contributed by atoms with Gasteiger partial charge in [0.1, 0.15) is 17.9 Å². The molecule has 0 aromatic heterocycles. The maximum Gasteiger partial charge on any atom is 0.335 e. The van der Waals surface area contributed by atoms with E-state index in [1.54, 1.807) is 48.5 Å². The maximum atomic E-state index is 13.1. The van der Waals surface area contributed by atoms with Gasteiger partial charge in [-0.15, -0.1) is 0 Å². The van der Waals surface area contributed by atoms with E-state index in [0.717, 1.165) is 10.5 Å². The van der Waals surface area contributed by atoms with Gasteiger partial charge in [-0.2, -0.15) is 0 Å². The molecule has 1 aliphatic heterocycles. The number of barbiturate groups is 1. The van der Waals surface area contributed by atoms with Gasteiger partial charge in [0.2, 0.25) is 0 Å². The highest BCUT2D eigenvalue weighted by atomic mass is 79.9. The highest BCUT2D eigenvalue weighted by Gasteiger charge is 2.37. The van der Waals surface area contributed by atoms with E-state index in [2.05, 4.69) is 21.2 Å². The molecule has 6 nitrogen and oxygen atoms in total. The number of rotatable bonds is 5. The van der Waals surface area contributed by atoms with Gasteiger partial charge in [-0.3, -0.25) is 14.9 Å². The van der Waals surface area contributed by atoms with Crippen molar-refractivity contribution in [3.63, 3.8) is 0 Å². The molecule has 172 valence electrons. The number of hydrogen-bond donors (Lipinski definition) is 1. The molecule has 3 aromatic carbocycles. The van der Waals surface area contributed by atoms with Gasteiger partial charge in [-0.1, -0.05) is 56.8 Å². The van der Waals surface area contributed by atoms with Crippen molar-refractivity contribution in [1.29, 1.82) is 0 Å². The maximum absolute atomic E-state index is 13.1. The molecule has 3 aromatic rings. The number of benzene rings is 3. The van der Waals surface area contributed by atoms with Crippen LogP contribution in [0.1, 0.15) is 11.1 Å². The Morgan fingerprint density at radius 2 is 1.65 bits per heavy atom. The normalized spacial score (nSPS) is 15.0. The molecule has 1 aliphatic rings. The number of nitrogens with zero attached hydrogens (tertiary/aromatic N) is 1. The highest BCUT2D eigenvalue weighted by Crippen LogP contribution is 2.30. The molecule has 4 rings (SSSR count). The SMILES string of the molecule is O=C1NC(=O)N(c2ccc(Cl)cc2)C(=O)/C1=C/c1cc(Br)ccc1OCc1ccc(Cl)c(Cl)c1. The highest BCUT2D eigenvalue weighted by molar-refractivity contribution is 9.10. The molecule has 10 heteroatoms. The zero-order valence-corrected chi connectivity index (χ0v) is 21.0. The Bertz CT molecular complexity index is 1340. The van der Waals surface area contributed by atoms with Gasteiger partial charge in [-0.05, 0) is 66.2 Å². The molecule has 1 N–H and O–H groups in total. The quantitative estimate of drug-likeness (QED) is 0.271. The Morgan fingerprint density at radius 1 is 0.912 bits per heavy atom. The van der Waals surface area contributed by atoms with E-state index in [1.165, 1.54) is 18.2 Å². The fourth-order valence-electron chi connectivity index (χ4n) is 3.19. The van der Waals surface area contributed by atoms with Crippen LogP contribution in [0.15, 0.2) is 70.7 Å². The number of nitrogens with one attached hydrogen (secondary N) is 1. The zero-order valence-electron chi connectivity index (χ0n) is 17.2. The molecule has 0 bridgehead atoms. The van der Waals surface area contributed by atoms with Crippen LogP contribution in [0.25, 0.3) is 6.08 Å². The number of anilines is 1. The van der Waals surface area contributed by atoms with E-state index in [1.807, 2.05) is 0 Å². The first-order chi connectivity index (χ1) is 16.2. The summed E-state index contributed by atoms with van der Waals surface area (Å²) in [5.41, 5.74) is 1.28. The van der Waals surface area contributed by atoms with Gasteiger partial charge < -0.3 is 4.74 Å². The molecule has 4 amide bonds. The van der Waals surface area contributed by atoms with Crippen molar-refractivity contribution in [3.05, 3.63) is 96.9 Å². The summed E-state index contributed by atoms with van der Waals surface area (Å²) >= 11 is 21.3. The lowest BCUT2D eigenvalue weighted by Gasteiger charge is -2.26. The van der Waals surface area contributed by atoms with Crippen LogP contribution >= 0.6 is 50.7 Å². The van der Waals surface area contributed by atoms with E-state index < -0.39 is 17.8 Å². The molecule has 34 heavy (non-hydrogen) atoms. The average Bonchev–Trinajstić information content (AvgIpc) is 2.79. The minimum absolute atomic E-state index is 0.171. The van der Waals surface area contributed by atoms with Crippen LogP contribution in [0, 0.1) is 0 Å². The van der Waals surface area contributed by atoms with Gasteiger partial charge in [0.05, 0.1) is 15.7 Å². The first-order valence-electron chi connectivity index (χ1n) is 9.76. The van der Waals surface area contributed by atoms with Crippen molar-refractivity contribution < 1.29 is 19.1 Å². The van der Waals surface area contributed by atoms with Crippen LogP contribution < -0.4 is 15.0 Å². The third-order valence-electron chi connectivity index (χ3n) is 4.84. The monoisotopic (exact) mass is 578 g/mol. The van der Waals surface area contributed by atoms with E-state index in [4.69, 9.17) is 39.5 Å². The zero-order chi connectivity index (χ0) is 24.4. The first-order valence-corrected chi connectivity index (χ1v) is 11.7. The van der Waals surface area contributed by atoms with Crippen LogP contribution in [0.2, 0.25) is 15.1 Å². The van der Waals surface area contributed by atoms with E-state index in [9.17, 15) is 14.4 Å². The molecule has 1 saturated heterocycles. The minimum Gasteiger partial charge on any atom is -0.488 e. The third kappa shape index (κ3) is 5.28. The van der Waals surface area contributed by atoms with Crippen LogP contribution in [-0.4, -0.2) is 17.8 Å². The number of hydrogen-bond acceptors (Lipinski definition) is 4. The van der Waals surface area contributed by atoms with Crippen LogP contribution in [0.4, 0.5) is 10.5 Å². The molecule has 0 spiro atoms. The number of carbonyl (C=O) groups is 3. The third-order valence-corrected chi connectivity index (χ3v) is 6.32. The summed E-state index contributed by atoms with van der Waals surface area (Å²) in [4.78, 5) is 39.0. The number of imide groups is 2. The lowest BCUT2D eigenvalue weighted by atomic mass is 10.1. The first kappa shape index (κ1) is 24.3. The minimum atomic E-state index is -0.847. The summed E-state index contributed by atoms with van der Waals surface area (Å²) in [7, 11) is 0. The Hall–Kier alpha value is -2.84. The Balaban J connectivity index is 1.66. The smallest absolute Gasteiger partial charge is 0.335 e. The molecular formula is C24H14BrCl3N2O4. The summed E-state index contributed by atoms with van der Waals surface area (Å²) in [6.07, 6.45) is 1.38. The number of halogens is 4. The second-order valence-corrected chi connectivity index (χ2v) is 9.32. The van der Waals surface area contributed by atoms with Gasteiger partial charge in [-0.25, -0.2) is 9.69 Å². The van der Waals surface area contributed by atoms with Gasteiger partial charge in [0.25, 0.3) is 11.8 Å². The van der Waals surface area contributed by atoms with Crippen LogP contribution in [-0.2, 0) is 16.2 Å². The molecule has 0 atom stereocenters. The van der Waals surface area contributed by atoms with Crippen LogP contribution in [0.3, 0.4) is 0 Å². The fourth-order valence-corrected chi connectivity index (χ4v) is 4.02. The van der Waals surface area contributed by atoms with E-state index in [0.29, 0.717) is 30.9 Å². The largest absolute Gasteiger partial charge is 0.488 e. The molecular weight excluding hydrogens is 567 g/mol. The molecule has 0 aliphatic carbocycles. The van der Waals surface area contributed by atoms with E-state index >= 15 is 0 Å². The molecule has 0 radical (unpaired) electrons. The predicted molar refractivity (Wildman–Crippen MR) is 135 cm³/mol. The Labute approximate surface area is 218 Å². The van der Waals surface area contributed by atoms with Crippen molar-refractivity contribution in [2.75, 3.05) is 4.90 Å². The van der Waals surface area contributed by atoms with Crippen molar-refractivity contribution in [1.82, 2.24) is 5.32 Å². The number of ether oxygens (including phenoxy) is 1. The lowest BCUT2D eigenvalue weighted by Crippen LogP contribution is -2.54. The van der Waals surface area contributed by atoms with E-state index in [-0.39, 0.29) is 17.9 Å². The van der Waals surface area contributed by atoms with Gasteiger partial charge in [0.15, 0.2) is 0 Å².